The van der Waals surface area contributed by atoms with E-state index in [1.807, 2.05) is 13.8 Å². The highest BCUT2D eigenvalue weighted by atomic mass is 32.2. The molecule has 0 unspecified atom stereocenters. The Labute approximate surface area is 111 Å². The molecule has 7 heteroatoms. The van der Waals surface area contributed by atoms with Crippen LogP contribution in [0, 0.1) is 0 Å². The third-order valence-corrected chi connectivity index (χ3v) is 4.58. The zero-order valence-electron chi connectivity index (χ0n) is 10.3. The van der Waals surface area contributed by atoms with Crippen LogP contribution in [0.1, 0.15) is 13.8 Å². The maximum atomic E-state index is 12.0. The van der Waals surface area contributed by atoms with Crippen molar-refractivity contribution in [2.45, 2.75) is 24.0 Å². The van der Waals surface area contributed by atoms with Crippen LogP contribution in [0.15, 0.2) is 27.5 Å². The number of ether oxygens (including phenoxy) is 1. The molecule has 0 amide bonds. The van der Waals surface area contributed by atoms with Crippen LogP contribution in [0.5, 0.6) is 5.75 Å². The van der Waals surface area contributed by atoms with E-state index in [2.05, 4.69) is 9.71 Å². The molecule has 0 saturated carbocycles. The molecule has 1 aliphatic rings. The minimum absolute atomic E-state index is 0.148. The summed E-state index contributed by atoms with van der Waals surface area (Å²) in [6, 6.07) is 4.86. The number of fused-ring (bicyclic) bond motifs is 1. The Hall–Kier alpha value is -1.21. The summed E-state index contributed by atoms with van der Waals surface area (Å²) in [7, 11) is -2.15. The van der Waals surface area contributed by atoms with Crippen LogP contribution in [-0.4, -0.2) is 25.9 Å². The molecule has 0 saturated heterocycles. The van der Waals surface area contributed by atoms with E-state index in [0.717, 1.165) is 0 Å². The van der Waals surface area contributed by atoms with Crippen LogP contribution in [0.3, 0.4) is 0 Å². The van der Waals surface area contributed by atoms with Gasteiger partial charge in [0.05, 0.1) is 12.8 Å². The van der Waals surface area contributed by atoms with E-state index in [-0.39, 0.29) is 10.1 Å². The van der Waals surface area contributed by atoms with Crippen LogP contribution < -0.4 is 10.1 Å². The van der Waals surface area contributed by atoms with Crippen molar-refractivity contribution in [2.24, 2.45) is 4.40 Å². The van der Waals surface area contributed by atoms with E-state index in [1.165, 1.54) is 24.9 Å². The molecule has 1 aromatic rings. The van der Waals surface area contributed by atoms with E-state index >= 15 is 0 Å². The lowest BCUT2D eigenvalue weighted by molar-refractivity contribution is 0.413. The molecule has 0 fully saturated rings. The van der Waals surface area contributed by atoms with Gasteiger partial charge in [-0.3, -0.25) is 0 Å². The fourth-order valence-corrected chi connectivity index (χ4v) is 3.62. The predicted molar refractivity (Wildman–Crippen MR) is 74.0 cm³/mol. The topological polar surface area (TPSA) is 67.8 Å². The summed E-state index contributed by atoms with van der Waals surface area (Å²) >= 11 is 1.38. The molecule has 1 N–H and O–H groups in total. The second kappa shape index (κ2) is 4.81. The average Bonchev–Trinajstić information content (AvgIpc) is 2.27. The molecule has 0 aromatic heterocycles. The average molecular weight is 286 g/mol. The molecule has 2 rings (SSSR count). The first-order chi connectivity index (χ1) is 8.42. The van der Waals surface area contributed by atoms with Crippen LogP contribution in [-0.2, 0) is 10.0 Å². The van der Waals surface area contributed by atoms with Crippen LogP contribution in [0.4, 0.5) is 5.69 Å². The smallest absolute Gasteiger partial charge is 0.286 e. The normalized spacial score (nSPS) is 16.8. The highest BCUT2D eigenvalue weighted by molar-refractivity contribution is 8.15. The van der Waals surface area contributed by atoms with Gasteiger partial charge in [-0.1, -0.05) is 25.6 Å². The van der Waals surface area contributed by atoms with Gasteiger partial charge in [0.15, 0.2) is 5.17 Å². The van der Waals surface area contributed by atoms with Crippen molar-refractivity contribution in [1.82, 2.24) is 0 Å². The highest BCUT2D eigenvalue weighted by Crippen LogP contribution is 2.33. The van der Waals surface area contributed by atoms with Crippen LogP contribution in [0.2, 0.25) is 0 Å². The summed E-state index contributed by atoms with van der Waals surface area (Å²) in [4.78, 5) is 0.148. The second-order valence-corrected chi connectivity index (χ2v) is 7.16. The quantitative estimate of drug-likeness (QED) is 0.903. The van der Waals surface area contributed by atoms with Crippen LogP contribution in [0.25, 0.3) is 0 Å². The molecule has 1 aromatic carbocycles. The first kappa shape index (κ1) is 13.2. The molecule has 0 spiro atoms. The number of hydrogen-bond donors (Lipinski definition) is 1. The van der Waals surface area contributed by atoms with Crippen molar-refractivity contribution < 1.29 is 13.2 Å². The number of sulfonamides is 1. The van der Waals surface area contributed by atoms with Crippen molar-refractivity contribution in [1.29, 1.82) is 0 Å². The highest BCUT2D eigenvalue weighted by Gasteiger charge is 2.26. The molecular weight excluding hydrogens is 272 g/mol. The van der Waals surface area contributed by atoms with Gasteiger partial charge < -0.3 is 10.1 Å². The Bertz CT molecular complexity index is 594. The predicted octanol–water partition coefficient (Wildman–Crippen LogP) is 2.31. The fourth-order valence-electron chi connectivity index (χ4n) is 1.52. The maximum absolute atomic E-state index is 12.0. The summed E-state index contributed by atoms with van der Waals surface area (Å²) in [6.07, 6.45) is 0. The number of hydrogen-bond acceptors (Lipinski definition) is 5. The number of methoxy groups -OCH3 is 1. The lowest BCUT2D eigenvalue weighted by Crippen LogP contribution is -2.20. The number of rotatable bonds is 2. The molecule has 0 aliphatic carbocycles. The van der Waals surface area contributed by atoms with E-state index < -0.39 is 10.0 Å². The Kier molecular flexibility index (Phi) is 3.54. The zero-order valence-corrected chi connectivity index (χ0v) is 11.9. The first-order valence-electron chi connectivity index (χ1n) is 5.39. The van der Waals surface area contributed by atoms with Gasteiger partial charge in [-0.25, -0.2) is 0 Å². The zero-order chi connectivity index (χ0) is 13.3. The van der Waals surface area contributed by atoms with E-state index in [9.17, 15) is 8.42 Å². The summed E-state index contributed by atoms with van der Waals surface area (Å²) < 4.78 is 32.8. The molecule has 1 aliphatic heterocycles. The third kappa shape index (κ3) is 2.62. The fraction of sp³-hybridized carbons (Fsp3) is 0.364. The largest absolute Gasteiger partial charge is 0.497 e. The second-order valence-electron chi connectivity index (χ2n) is 4.03. The third-order valence-electron chi connectivity index (χ3n) is 2.26. The number of nitrogens with zero attached hydrogens (tertiary/aromatic N) is 1. The Morgan fingerprint density at radius 1 is 1.39 bits per heavy atom. The Morgan fingerprint density at radius 3 is 2.72 bits per heavy atom. The van der Waals surface area contributed by atoms with Crippen molar-refractivity contribution in [2.75, 3.05) is 12.4 Å². The summed E-state index contributed by atoms with van der Waals surface area (Å²) in [6.45, 7) is 3.95. The molecule has 1 heterocycles. The van der Waals surface area contributed by atoms with Crippen molar-refractivity contribution in [3.05, 3.63) is 18.2 Å². The van der Waals surface area contributed by atoms with Gasteiger partial charge in [-0.05, 0) is 12.1 Å². The van der Waals surface area contributed by atoms with Gasteiger partial charge >= 0.3 is 0 Å². The molecule has 0 radical (unpaired) electrons. The molecule has 18 heavy (non-hydrogen) atoms. The lowest BCUT2D eigenvalue weighted by Gasteiger charge is -2.19. The van der Waals surface area contributed by atoms with Crippen molar-refractivity contribution in [3.8, 4) is 5.75 Å². The molecule has 0 bridgehead atoms. The number of thioether (sulfide) groups is 1. The van der Waals surface area contributed by atoms with E-state index in [1.54, 1.807) is 12.1 Å². The monoisotopic (exact) mass is 286 g/mol. The van der Waals surface area contributed by atoms with E-state index in [0.29, 0.717) is 16.6 Å². The SMILES string of the molecule is COc1ccc2c(c1)S(=O)(=O)N=C(SC(C)C)N2. The van der Waals surface area contributed by atoms with Gasteiger partial charge in [0.1, 0.15) is 10.6 Å². The van der Waals surface area contributed by atoms with Gasteiger partial charge in [0.25, 0.3) is 10.0 Å². The first-order valence-corrected chi connectivity index (χ1v) is 7.71. The van der Waals surface area contributed by atoms with Gasteiger partial charge in [-0.15, -0.1) is 4.40 Å². The number of amidine groups is 1. The summed E-state index contributed by atoms with van der Waals surface area (Å²) in [5.41, 5.74) is 0.536. The van der Waals surface area contributed by atoms with Crippen molar-refractivity contribution >= 4 is 32.6 Å². The Balaban J connectivity index is 2.45. The van der Waals surface area contributed by atoms with Crippen LogP contribution >= 0.6 is 11.8 Å². The number of anilines is 1. The van der Waals surface area contributed by atoms with Gasteiger partial charge in [-0.2, -0.15) is 8.42 Å². The van der Waals surface area contributed by atoms with Gasteiger partial charge in [0.2, 0.25) is 0 Å². The number of nitrogens with one attached hydrogen (secondary N) is 1. The standard InChI is InChI=1S/C11H14N2O3S2/c1-7(2)17-11-12-9-5-4-8(16-3)6-10(9)18(14,15)13-11/h4-7H,1-3H3,(H,12,13). The maximum Gasteiger partial charge on any atom is 0.286 e. The van der Waals surface area contributed by atoms with Crippen molar-refractivity contribution in [3.63, 3.8) is 0 Å². The summed E-state index contributed by atoms with van der Waals surface area (Å²) in [5, 5.41) is 3.67. The number of benzene rings is 1. The minimum Gasteiger partial charge on any atom is -0.497 e. The molecule has 0 atom stereocenters. The minimum atomic E-state index is -3.64. The molecule has 5 nitrogen and oxygen atoms in total. The molecular formula is C11H14N2O3S2. The summed E-state index contributed by atoms with van der Waals surface area (Å²) in [5.74, 6) is 0.495. The lowest BCUT2D eigenvalue weighted by atomic mass is 10.3. The van der Waals surface area contributed by atoms with Gasteiger partial charge in [0, 0.05) is 11.3 Å². The molecule has 98 valence electrons. The Morgan fingerprint density at radius 2 is 2.11 bits per heavy atom. The van der Waals surface area contributed by atoms with E-state index in [4.69, 9.17) is 4.74 Å².